The molecule has 7 heteroatoms. The van der Waals surface area contributed by atoms with Gasteiger partial charge in [0.05, 0.1) is 0 Å². The molecule has 0 aromatic carbocycles. The standard InChI is InChI=1S/C10H14N4O2.ClH/c1-3-5-13-8(12)7(11)9(15)14(6-4-2)10(13)16;/h3-4H,1-2,5-6,11-12H2;1H. The van der Waals surface area contributed by atoms with Crippen molar-refractivity contribution in [3.63, 3.8) is 0 Å². The second-order valence-corrected chi connectivity index (χ2v) is 3.19. The van der Waals surface area contributed by atoms with Gasteiger partial charge in [-0.3, -0.25) is 13.9 Å². The Morgan fingerprint density at radius 2 is 1.53 bits per heavy atom. The van der Waals surface area contributed by atoms with E-state index in [1.165, 1.54) is 16.7 Å². The van der Waals surface area contributed by atoms with E-state index in [2.05, 4.69) is 13.2 Å². The third kappa shape index (κ3) is 2.59. The maximum atomic E-state index is 11.8. The molecule has 0 atom stereocenters. The molecule has 0 aliphatic heterocycles. The summed E-state index contributed by atoms with van der Waals surface area (Å²) in [5.41, 5.74) is 9.87. The quantitative estimate of drug-likeness (QED) is 0.741. The van der Waals surface area contributed by atoms with Gasteiger partial charge in [0.1, 0.15) is 11.5 Å². The van der Waals surface area contributed by atoms with Gasteiger partial charge in [-0.25, -0.2) is 4.79 Å². The van der Waals surface area contributed by atoms with Gasteiger partial charge in [0, 0.05) is 13.1 Å². The first-order chi connectivity index (χ1) is 7.54. The van der Waals surface area contributed by atoms with Crippen molar-refractivity contribution in [3.05, 3.63) is 46.1 Å². The minimum Gasteiger partial charge on any atom is -0.391 e. The molecule has 0 spiro atoms. The molecule has 17 heavy (non-hydrogen) atoms. The number of halogens is 1. The van der Waals surface area contributed by atoms with Crippen LogP contribution in [0.15, 0.2) is 34.9 Å². The third-order valence-corrected chi connectivity index (χ3v) is 2.13. The molecule has 1 aromatic rings. The molecule has 1 rings (SSSR count). The smallest absolute Gasteiger partial charge is 0.333 e. The second-order valence-electron chi connectivity index (χ2n) is 3.19. The summed E-state index contributed by atoms with van der Waals surface area (Å²) in [5.74, 6) is -0.0322. The van der Waals surface area contributed by atoms with E-state index in [0.717, 1.165) is 4.57 Å². The van der Waals surface area contributed by atoms with Gasteiger partial charge in [-0.15, -0.1) is 25.6 Å². The van der Waals surface area contributed by atoms with Crippen molar-refractivity contribution in [1.82, 2.24) is 9.13 Å². The van der Waals surface area contributed by atoms with Crippen molar-refractivity contribution in [2.24, 2.45) is 0 Å². The molecule has 0 aliphatic rings. The average Bonchev–Trinajstić information content (AvgIpc) is 2.28. The van der Waals surface area contributed by atoms with Crippen LogP contribution in [-0.2, 0) is 13.1 Å². The number of hydrogen-bond donors (Lipinski definition) is 2. The van der Waals surface area contributed by atoms with Gasteiger partial charge in [-0.05, 0) is 0 Å². The molecule has 0 aliphatic carbocycles. The summed E-state index contributed by atoms with van der Waals surface area (Å²) in [6, 6.07) is 0. The summed E-state index contributed by atoms with van der Waals surface area (Å²) < 4.78 is 2.16. The number of nitrogens with two attached hydrogens (primary N) is 2. The predicted octanol–water partition coefficient (Wildman–Crippen LogP) is -0.0318. The zero-order chi connectivity index (χ0) is 12.3. The molecular weight excluding hydrogens is 244 g/mol. The van der Waals surface area contributed by atoms with Gasteiger partial charge in [0.15, 0.2) is 0 Å². The molecule has 0 radical (unpaired) electrons. The molecule has 0 bridgehead atoms. The maximum absolute atomic E-state index is 11.8. The topological polar surface area (TPSA) is 96.0 Å². The van der Waals surface area contributed by atoms with Crippen LogP contribution in [0.3, 0.4) is 0 Å². The van der Waals surface area contributed by atoms with E-state index < -0.39 is 11.2 Å². The van der Waals surface area contributed by atoms with Crippen LogP contribution in [0.1, 0.15) is 0 Å². The van der Waals surface area contributed by atoms with Crippen molar-refractivity contribution >= 4 is 23.9 Å². The molecule has 1 heterocycles. The maximum Gasteiger partial charge on any atom is 0.333 e. The Morgan fingerprint density at radius 3 is 2.00 bits per heavy atom. The fraction of sp³-hybridized carbons (Fsp3) is 0.200. The van der Waals surface area contributed by atoms with Crippen molar-refractivity contribution in [2.45, 2.75) is 13.1 Å². The minimum absolute atomic E-state index is 0. The highest BCUT2D eigenvalue weighted by molar-refractivity contribution is 5.85. The zero-order valence-corrected chi connectivity index (χ0v) is 10.1. The number of nitrogen functional groups attached to an aromatic ring is 2. The van der Waals surface area contributed by atoms with Crippen LogP contribution in [0.5, 0.6) is 0 Å². The van der Waals surface area contributed by atoms with Crippen LogP contribution < -0.4 is 22.7 Å². The summed E-state index contributed by atoms with van der Waals surface area (Å²) >= 11 is 0. The highest BCUT2D eigenvalue weighted by Gasteiger charge is 2.12. The molecule has 6 nitrogen and oxygen atoms in total. The van der Waals surface area contributed by atoms with E-state index in [4.69, 9.17) is 11.5 Å². The number of rotatable bonds is 4. The molecule has 0 fully saturated rings. The van der Waals surface area contributed by atoms with Gasteiger partial charge < -0.3 is 11.5 Å². The van der Waals surface area contributed by atoms with Crippen LogP contribution in [-0.4, -0.2) is 9.13 Å². The summed E-state index contributed by atoms with van der Waals surface area (Å²) in [4.78, 5) is 23.5. The molecule has 0 amide bonds. The third-order valence-electron chi connectivity index (χ3n) is 2.13. The summed E-state index contributed by atoms with van der Waals surface area (Å²) in [6.07, 6.45) is 2.94. The lowest BCUT2D eigenvalue weighted by Gasteiger charge is -2.12. The highest BCUT2D eigenvalue weighted by Crippen LogP contribution is 2.05. The fourth-order valence-electron chi connectivity index (χ4n) is 1.33. The number of allylic oxidation sites excluding steroid dienone is 2. The van der Waals surface area contributed by atoms with Crippen LogP contribution in [0.2, 0.25) is 0 Å². The predicted molar refractivity (Wildman–Crippen MR) is 71.4 cm³/mol. The van der Waals surface area contributed by atoms with Gasteiger partial charge in [0.2, 0.25) is 0 Å². The summed E-state index contributed by atoms with van der Waals surface area (Å²) in [6.45, 7) is 7.27. The van der Waals surface area contributed by atoms with E-state index in [1.54, 1.807) is 0 Å². The highest BCUT2D eigenvalue weighted by atomic mass is 35.5. The lowest BCUT2D eigenvalue weighted by Crippen LogP contribution is -2.41. The lowest BCUT2D eigenvalue weighted by molar-refractivity contribution is 0.636. The average molecular weight is 259 g/mol. The van der Waals surface area contributed by atoms with Crippen LogP contribution >= 0.6 is 12.4 Å². The molecular formula is C10H15ClN4O2. The summed E-state index contributed by atoms with van der Waals surface area (Å²) in [7, 11) is 0. The number of nitrogens with zero attached hydrogens (tertiary/aromatic N) is 2. The van der Waals surface area contributed by atoms with Crippen LogP contribution in [0.4, 0.5) is 11.5 Å². The Bertz CT molecular complexity index is 544. The Balaban J connectivity index is 0.00000256. The van der Waals surface area contributed by atoms with Crippen LogP contribution in [0, 0.1) is 0 Å². The van der Waals surface area contributed by atoms with Crippen molar-refractivity contribution in [3.8, 4) is 0 Å². The van der Waals surface area contributed by atoms with Crippen LogP contribution in [0.25, 0.3) is 0 Å². The van der Waals surface area contributed by atoms with E-state index in [0.29, 0.717) is 0 Å². The molecule has 1 aromatic heterocycles. The van der Waals surface area contributed by atoms with E-state index in [1.807, 2.05) is 0 Å². The first-order valence-electron chi connectivity index (χ1n) is 4.65. The van der Waals surface area contributed by atoms with Gasteiger partial charge >= 0.3 is 5.69 Å². The molecule has 94 valence electrons. The molecule has 4 N–H and O–H groups in total. The van der Waals surface area contributed by atoms with Crippen molar-refractivity contribution in [1.29, 1.82) is 0 Å². The van der Waals surface area contributed by atoms with E-state index in [-0.39, 0.29) is 37.0 Å². The molecule has 0 saturated heterocycles. The Kier molecular flexibility index (Phi) is 5.27. The number of hydrogen-bond acceptors (Lipinski definition) is 4. The zero-order valence-electron chi connectivity index (χ0n) is 9.26. The second kappa shape index (κ2) is 5.95. The first-order valence-corrected chi connectivity index (χ1v) is 4.65. The molecule has 0 unspecified atom stereocenters. The minimum atomic E-state index is -0.595. The monoisotopic (exact) mass is 258 g/mol. The Morgan fingerprint density at radius 1 is 1.06 bits per heavy atom. The summed E-state index contributed by atoms with van der Waals surface area (Å²) in [5, 5.41) is 0. The lowest BCUT2D eigenvalue weighted by atomic mass is 10.4. The van der Waals surface area contributed by atoms with Crippen molar-refractivity contribution in [2.75, 3.05) is 11.5 Å². The van der Waals surface area contributed by atoms with Crippen molar-refractivity contribution < 1.29 is 0 Å². The number of anilines is 2. The Labute approximate surface area is 104 Å². The van der Waals surface area contributed by atoms with Gasteiger partial charge in [0.25, 0.3) is 5.56 Å². The Hall–Kier alpha value is -1.95. The normalized spacial score (nSPS) is 9.41. The fourth-order valence-corrected chi connectivity index (χ4v) is 1.33. The van der Waals surface area contributed by atoms with E-state index >= 15 is 0 Å². The first kappa shape index (κ1) is 15.0. The largest absolute Gasteiger partial charge is 0.391 e. The van der Waals surface area contributed by atoms with E-state index in [9.17, 15) is 9.59 Å². The molecule has 0 saturated carbocycles. The SMILES string of the molecule is C=CCn1c(N)c(N)c(=O)n(CC=C)c1=O.Cl. The van der Waals surface area contributed by atoms with Gasteiger partial charge in [-0.1, -0.05) is 12.2 Å². The van der Waals surface area contributed by atoms with Gasteiger partial charge in [-0.2, -0.15) is 0 Å². The number of aromatic nitrogens is 2.